The van der Waals surface area contributed by atoms with E-state index in [1.807, 2.05) is 0 Å². The number of carbonyl (C=O) groups excluding carboxylic acids is 1. The number of ether oxygens (including phenoxy) is 1. The first kappa shape index (κ1) is 13.7. The molecule has 6 heteroatoms. The fourth-order valence-electron chi connectivity index (χ4n) is 2.24. The molecule has 1 aliphatic rings. The van der Waals surface area contributed by atoms with Crippen LogP contribution in [0, 0.1) is 6.57 Å². The average Bonchev–Trinajstić information content (AvgIpc) is 2.64. The molecule has 19 heavy (non-hydrogen) atoms. The minimum absolute atomic E-state index is 0.268. The third-order valence-corrected chi connectivity index (χ3v) is 3.39. The first-order valence-electron chi connectivity index (χ1n) is 5.80. The summed E-state index contributed by atoms with van der Waals surface area (Å²) in [6, 6.07) is 4.22. The van der Waals surface area contributed by atoms with Crippen LogP contribution in [0.2, 0.25) is 5.02 Å². The number of carbonyl (C=O) groups is 1. The maximum Gasteiger partial charge on any atom is 0.415 e. The first-order chi connectivity index (χ1) is 8.95. The highest BCUT2D eigenvalue weighted by Gasteiger charge is 2.42. The Morgan fingerprint density at radius 3 is 2.79 bits per heavy atom. The van der Waals surface area contributed by atoms with E-state index in [4.69, 9.17) is 22.9 Å². The Morgan fingerprint density at radius 2 is 2.26 bits per heavy atom. The summed E-state index contributed by atoms with van der Waals surface area (Å²) in [6.45, 7) is 10.3. The summed E-state index contributed by atoms with van der Waals surface area (Å²) >= 11 is 5.96. The van der Waals surface area contributed by atoms with E-state index in [2.05, 4.69) is 4.85 Å². The molecule has 1 aliphatic heterocycles. The molecular weight excluding hydrogens is 268 g/mol. The van der Waals surface area contributed by atoms with Gasteiger partial charge in [-0.15, -0.1) is 0 Å². The van der Waals surface area contributed by atoms with Crippen molar-refractivity contribution < 1.29 is 14.6 Å². The predicted molar refractivity (Wildman–Crippen MR) is 71.6 cm³/mol. The highest BCUT2D eigenvalue weighted by molar-refractivity contribution is 6.33. The second-order valence-electron chi connectivity index (χ2n) is 4.44. The summed E-state index contributed by atoms with van der Waals surface area (Å²) in [5, 5.41) is 10.1. The third kappa shape index (κ3) is 2.37. The van der Waals surface area contributed by atoms with Gasteiger partial charge in [0.05, 0.1) is 12.7 Å². The van der Waals surface area contributed by atoms with Gasteiger partial charge in [-0.25, -0.2) is 9.64 Å². The lowest BCUT2D eigenvalue weighted by Crippen LogP contribution is -2.43. The van der Waals surface area contributed by atoms with Crippen molar-refractivity contribution in [2.45, 2.75) is 32.1 Å². The monoisotopic (exact) mass is 280 g/mol. The van der Waals surface area contributed by atoms with Crippen molar-refractivity contribution in [3.8, 4) is 0 Å². The zero-order valence-electron chi connectivity index (χ0n) is 10.5. The summed E-state index contributed by atoms with van der Waals surface area (Å²) in [5.74, 6) is 0. The second-order valence-corrected chi connectivity index (χ2v) is 4.84. The molecule has 1 saturated heterocycles. The second kappa shape index (κ2) is 5.08. The van der Waals surface area contributed by atoms with E-state index in [0.717, 1.165) is 0 Å². The molecule has 0 spiro atoms. The van der Waals surface area contributed by atoms with Crippen molar-refractivity contribution in [3.63, 3.8) is 0 Å². The molecule has 2 rings (SSSR count). The van der Waals surface area contributed by atoms with Crippen molar-refractivity contribution in [1.29, 1.82) is 0 Å². The lowest BCUT2D eigenvalue weighted by molar-refractivity contribution is 0.0994. The number of aliphatic hydroxyl groups excluding tert-OH is 1. The third-order valence-electron chi connectivity index (χ3n) is 3.09. The molecule has 0 unspecified atom stereocenters. The van der Waals surface area contributed by atoms with Gasteiger partial charge in [0.2, 0.25) is 5.69 Å². The number of hydrogen-bond donors (Lipinski definition) is 1. The number of benzene rings is 1. The van der Waals surface area contributed by atoms with Crippen LogP contribution in [-0.4, -0.2) is 29.4 Å². The summed E-state index contributed by atoms with van der Waals surface area (Å²) in [6.07, 6.45) is -1.67. The molecule has 3 atom stereocenters. The Morgan fingerprint density at radius 1 is 1.58 bits per heavy atom. The molecule has 1 fully saturated rings. The number of hydrogen-bond acceptors (Lipinski definition) is 3. The predicted octanol–water partition coefficient (Wildman–Crippen LogP) is 2.99. The highest BCUT2D eigenvalue weighted by atomic mass is 35.5. The van der Waals surface area contributed by atoms with Crippen molar-refractivity contribution in [1.82, 2.24) is 0 Å². The van der Waals surface area contributed by atoms with E-state index in [1.54, 1.807) is 26.0 Å². The van der Waals surface area contributed by atoms with E-state index in [9.17, 15) is 9.90 Å². The van der Waals surface area contributed by atoms with Gasteiger partial charge < -0.3 is 9.84 Å². The van der Waals surface area contributed by atoms with Gasteiger partial charge in [-0.1, -0.05) is 17.7 Å². The summed E-state index contributed by atoms with van der Waals surface area (Å²) < 4.78 is 5.12. The molecule has 1 amide bonds. The van der Waals surface area contributed by atoms with Gasteiger partial charge in [-0.05, 0) is 26.0 Å². The van der Waals surface area contributed by atoms with Gasteiger partial charge in [0.1, 0.15) is 12.1 Å². The maximum atomic E-state index is 11.9. The van der Waals surface area contributed by atoms with Crippen LogP contribution < -0.4 is 4.90 Å². The van der Waals surface area contributed by atoms with Crippen LogP contribution >= 0.6 is 11.6 Å². The lowest BCUT2D eigenvalue weighted by Gasteiger charge is -2.25. The quantitative estimate of drug-likeness (QED) is 0.847. The number of amides is 1. The molecular formula is C13H13ClN2O3. The number of rotatable bonds is 2. The van der Waals surface area contributed by atoms with Crippen molar-refractivity contribution in [3.05, 3.63) is 34.6 Å². The lowest BCUT2D eigenvalue weighted by atomic mass is 10.1. The Hall–Kier alpha value is -1.77. The molecule has 0 radical (unpaired) electrons. The molecule has 0 aliphatic carbocycles. The van der Waals surface area contributed by atoms with Crippen LogP contribution in [0.5, 0.6) is 0 Å². The van der Waals surface area contributed by atoms with Crippen LogP contribution in [0.3, 0.4) is 0 Å². The first-order valence-corrected chi connectivity index (χ1v) is 6.18. The van der Waals surface area contributed by atoms with E-state index in [1.165, 1.54) is 11.0 Å². The average molecular weight is 281 g/mol. The molecule has 100 valence electrons. The molecule has 0 aromatic heterocycles. The molecule has 1 N–H and O–H groups in total. The summed E-state index contributed by atoms with van der Waals surface area (Å²) in [4.78, 5) is 16.5. The normalized spacial score (nSPS) is 23.9. The molecule has 0 bridgehead atoms. The van der Waals surface area contributed by atoms with Crippen LogP contribution in [0.4, 0.5) is 16.2 Å². The minimum Gasteiger partial charge on any atom is -0.444 e. The molecule has 1 aromatic carbocycles. The Labute approximate surface area is 116 Å². The number of anilines is 1. The van der Waals surface area contributed by atoms with E-state index < -0.39 is 24.3 Å². The van der Waals surface area contributed by atoms with Crippen molar-refractivity contribution >= 4 is 29.1 Å². The van der Waals surface area contributed by atoms with Gasteiger partial charge in [0, 0.05) is 10.7 Å². The SMILES string of the molecule is [C-]#[N+]c1ccc(N2C(=O)O[C@@H](C)[C@@H]2[C@H](C)O)cc1Cl. The number of cyclic esters (lactones) is 1. The smallest absolute Gasteiger partial charge is 0.415 e. The zero-order chi connectivity index (χ0) is 14.2. The van der Waals surface area contributed by atoms with Crippen molar-refractivity contribution in [2.24, 2.45) is 0 Å². The van der Waals surface area contributed by atoms with Crippen LogP contribution in [0.1, 0.15) is 13.8 Å². The van der Waals surface area contributed by atoms with E-state index >= 15 is 0 Å². The maximum absolute atomic E-state index is 11.9. The summed E-state index contributed by atoms with van der Waals surface area (Å²) in [5.41, 5.74) is 0.831. The number of nitrogens with zero attached hydrogens (tertiary/aromatic N) is 2. The van der Waals surface area contributed by atoms with Gasteiger partial charge >= 0.3 is 6.09 Å². The van der Waals surface area contributed by atoms with E-state index in [0.29, 0.717) is 11.4 Å². The fourth-order valence-corrected chi connectivity index (χ4v) is 2.46. The minimum atomic E-state index is -0.735. The molecule has 0 saturated carbocycles. The van der Waals surface area contributed by atoms with E-state index in [-0.39, 0.29) is 5.02 Å². The zero-order valence-corrected chi connectivity index (χ0v) is 11.3. The Kier molecular flexibility index (Phi) is 3.65. The molecule has 5 nitrogen and oxygen atoms in total. The van der Waals surface area contributed by atoms with Gasteiger partial charge in [0.15, 0.2) is 0 Å². The Bertz CT molecular complexity index is 553. The number of aliphatic hydroxyl groups is 1. The van der Waals surface area contributed by atoms with Crippen molar-refractivity contribution in [2.75, 3.05) is 4.90 Å². The Balaban J connectivity index is 2.42. The molecule has 1 heterocycles. The van der Waals surface area contributed by atoms with Gasteiger partial charge in [-0.3, -0.25) is 4.90 Å². The topological polar surface area (TPSA) is 54.1 Å². The number of halogens is 1. The van der Waals surface area contributed by atoms with Gasteiger partial charge in [0.25, 0.3) is 0 Å². The summed E-state index contributed by atoms with van der Waals surface area (Å²) in [7, 11) is 0. The standard InChI is InChI=1S/C13H13ClN2O3/c1-7(17)12-8(2)19-13(18)16(12)9-4-5-11(15-3)10(14)6-9/h4-8,12,17H,1-2H3/t7-,8-,12-/m0/s1. The largest absolute Gasteiger partial charge is 0.444 e. The van der Waals surface area contributed by atoms with Gasteiger partial charge in [-0.2, -0.15) is 0 Å². The van der Waals surface area contributed by atoms with Crippen LogP contribution in [0.25, 0.3) is 4.85 Å². The molecule has 1 aromatic rings. The fraction of sp³-hybridized carbons (Fsp3) is 0.385. The van der Waals surface area contributed by atoms with Crippen LogP contribution in [-0.2, 0) is 4.74 Å². The van der Waals surface area contributed by atoms with Crippen LogP contribution in [0.15, 0.2) is 18.2 Å². The highest BCUT2D eigenvalue weighted by Crippen LogP contribution is 2.34.